The Hall–Kier alpha value is -2.58. The van der Waals surface area contributed by atoms with E-state index < -0.39 is 0 Å². The molecule has 0 unspecified atom stereocenters. The van der Waals surface area contributed by atoms with Gasteiger partial charge < -0.3 is 4.74 Å². The lowest BCUT2D eigenvalue weighted by Crippen LogP contribution is -2.21. The van der Waals surface area contributed by atoms with Gasteiger partial charge in [-0.3, -0.25) is 0 Å². The molecule has 243 valence electrons. The minimum Gasteiger partial charge on any atom is -0.491 e. The molecule has 3 rings (SSSR count). The second-order valence-corrected chi connectivity index (χ2v) is 16.4. The van der Waals surface area contributed by atoms with Gasteiger partial charge >= 0.3 is 0 Å². The van der Waals surface area contributed by atoms with Gasteiger partial charge in [-0.2, -0.15) is 0 Å². The molecule has 0 N–H and O–H groups in total. The monoisotopic (exact) mass is 621 g/mol. The van der Waals surface area contributed by atoms with Gasteiger partial charge in [0.25, 0.3) is 0 Å². The third kappa shape index (κ3) is 8.42. The summed E-state index contributed by atoms with van der Waals surface area (Å²) in [5.74, 6) is 2.29. The van der Waals surface area contributed by atoms with Crippen molar-refractivity contribution in [3.63, 3.8) is 0 Å². The van der Waals surface area contributed by atoms with Gasteiger partial charge in [-0.15, -0.1) is 0 Å². The van der Waals surface area contributed by atoms with E-state index in [9.17, 15) is 0 Å². The van der Waals surface area contributed by atoms with Crippen molar-refractivity contribution in [3.8, 4) is 0 Å². The van der Waals surface area contributed by atoms with Crippen LogP contribution in [0, 0.1) is 5.41 Å². The summed E-state index contributed by atoms with van der Waals surface area (Å²) in [5.41, 5.74) is 13.3. The fourth-order valence-corrected chi connectivity index (χ4v) is 7.21. The van der Waals surface area contributed by atoms with E-state index in [1.165, 1.54) is 55.6 Å². The first kappa shape index (κ1) is 36.9. The van der Waals surface area contributed by atoms with Crippen LogP contribution in [0.5, 0.6) is 0 Å². The first-order valence-electron chi connectivity index (χ1n) is 17.4. The van der Waals surface area contributed by atoms with Crippen molar-refractivity contribution in [1.29, 1.82) is 0 Å². The van der Waals surface area contributed by atoms with Crippen molar-refractivity contribution >= 4 is 15.8 Å². The highest BCUT2D eigenvalue weighted by molar-refractivity contribution is 6.24. The fraction of sp³-hybridized carbons (Fsp3) is 0.535. The summed E-state index contributed by atoms with van der Waals surface area (Å²) < 4.78 is 7.52. The normalized spacial score (nSPS) is 13.3. The molecule has 0 saturated heterocycles. The summed E-state index contributed by atoms with van der Waals surface area (Å²) in [7, 11) is 4.16. The molecule has 3 radical (unpaired) electrons. The molecule has 0 heterocycles. The highest BCUT2D eigenvalue weighted by Crippen LogP contribution is 2.47. The zero-order valence-corrected chi connectivity index (χ0v) is 32.1. The van der Waals surface area contributed by atoms with Crippen molar-refractivity contribution in [2.75, 3.05) is 0 Å². The van der Waals surface area contributed by atoms with Crippen LogP contribution < -0.4 is 0 Å². The first-order valence-corrected chi connectivity index (χ1v) is 17.9. The zero-order chi connectivity index (χ0) is 34.0. The molecule has 0 aliphatic carbocycles. The Kier molecular flexibility index (Phi) is 12.2. The number of hydrogen-bond donors (Lipinski definition) is 0. The largest absolute Gasteiger partial charge is 0.491 e. The van der Waals surface area contributed by atoms with E-state index in [2.05, 4.69) is 169 Å². The Morgan fingerprint density at radius 1 is 0.533 bits per heavy atom. The van der Waals surface area contributed by atoms with Gasteiger partial charge in [0.15, 0.2) is 0 Å². The average Bonchev–Trinajstić information content (AvgIpc) is 2.94. The van der Waals surface area contributed by atoms with Crippen molar-refractivity contribution < 1.29 is 4.74 Å². The fourth-order valence-electron chi connectivity index (χ4n) is 6.58. The average molecular weight is 622 g/mol. The van der Waals surface area contributed by atoms with Crippen LogP contribution in [0.1, 0.15) is 196 Å². The Labute approximate surface area is 280 Å². The minimum absolute atomic E-state index is 0.143. The highest BCUT2D eigenvalue weighted by Gasteiger charge is 2.33. The molecule has 0 fully saturated rings. The second-order valence-electron chi connectivity index (χ2n) is 16.0. The quantitative estimate of drug-likeness (QED) is 0.153. The van der Waals surface area contributed by atoms with Crippen LogP contribution in [-0.4, -0.2) is 10.2 Å². The first-order chi connectivity index (χ1) is 20.9. The van der Waals surface area contributed by atoms with Crippen LogP contribution >= 0.6 is 0 Å². The van der Waals surface area contributed by atoms with Crippen LogP contribution in [-0.2, 0) is 4.74 Å². The van der Waals surface area contributed by atoms with Crippen LogP contribution in [0.2, 0.25) is 0 Å². The molecule has 3 aromatic rings. The Morgan fingerprint density at radius 2 is 0.867 bits per heavy atom. The molecular weight excluding hydrogens is 561 g/mol. The predicted molar refractivity (Wildman–Crippen MR) is 199 cm³/mol. The molecule has 0 aromatic heterocycles. The van der Waals surface area contributed by atoms with Gasteiger partial charge in [-0.1, -0.05) is 158 Å². The zero-order valence-electron chi connectivity index (χ0n) is 31.1. The van der Waals surface area contributed by atoms with Crippen molar-refractivity contribution in [3.05, 3.63) is 110 Å². The molecule has 0 aliphatic heterocycles. The summed E-state index contributed by atoms with van der Waals surface area (Å²) in [6.07, 6.45) is -0.273. The molecule has 3 aromatic carbocycles. The third-order valence-corrected chi connectivity index (χ3v) is 9.52. The molecule has 1 nitrogen and oxygen atoms in total. The number of benzene rings is 3. The molecule has 0 aliphatic rings. The Bertz CT molecular complexity index is 1330. The molecule has 0 atom stereocenters. The third-order valence-electron chi connectivity index (χ3n) is 9.15. The molecular formula is C43H61OSi. The lowest BCUT2D eigenvalue weighted by molar-refractivity contribution is 0.165. The smallest absolute Gasteiger partial charge is 0.149 e. The van der Waals surface area contributed by atoms with E-state index in [-0.39, 0.29) is 11.5 Å². The topological polar surface area (TPSA) is 9.23 Å². The van der Waals surface area contributed by atoms with E-state index in [0.29, 0.717) is 35.5 Å². The van der Waals surface area contributed by atoms with E-state index in [4.69, 9.17) is 4.74 Å². The van der Waals surface area contributed by atoms with Gasteiger partial charge in [0.05, 0.1) is 5.38 Å². The van der Waals surface area contributed by atoms with E-state index in [0.717, 1.165) is 5.38 Å². The van der Waals surface area contributed by atoms with Crippen LogP contribution in [0.25, 0.3) is 5.57 Å². The molecule has 45 heavy (non-hydrogen) atoms. The van der Waals surface area contributed by atoms with Crippen LogP contribution in [0.3, 0.4) is 0 Å². The summed E-state index contributed by atoms with van der Waals surface area (Å²) in [4.78, 5) is 0. The number of allylic oxidation sites excluding steroid dienone is 1. The predicted octanol–water partition coefficient (Wildman–Crippen LogP) is 13.1. The van der Waals surface area contributed by atoms with Crippen molar-refractivity contribution in [2.45, 2.75) is 145 Å². The Morgan fingerprint density at radius 3 is 1.13 bits per heavy atom. The lowest BCUT2D eigenvalue weighted by Gasteiger charge is -2.35. The number of rotatable bonds is 11. The second kappa shape index (κ2) is 14.9. The molecule has 0 spiro atoms. The molecule has 0 bridgehead atoms. The van der Waals surface area contributed by atoms with Crippen molar-refractivity contribution in [1.82, 2.24) is 0 Å². The lowest BCUT2D eigenvalue weighted by atomic mass is 9.76. The van der Waals surface area contributed by atoms with E-state index in [1.54, 1.807) is 0 Å². The number of ether oxygens (including phenoxy) is 1. The standard InChI is InChI=1S/C43H61OSi/c1-25(2)32-21-34(27(5)6)38(35(22-32)28(7)8)41(44-42(45)40(43(13,14)15)31-19-17-16-18-20-31)39-36(29(9)10)23-33(26(3)4)24-37(39)30(11)12/h16-30,41H,1-15H3/b42-40-. The summed E-state index contributed by atoms with van der Waals surface area (Å²) in [6, 6.07) is 20.6. The minimum atomic E-state index is -0.273. The molecule has 0 amide bonds. The summed E-state index contributed by atoms with van der Waals surface area (Å²) in [5, 5.41) is 0.813. The van der Waals surface area contributed by atoms with E-state index in [1.807, 2.05) is 0 Å². The van der Waals surface area contributed by atoms with Gasteiger partial charge in [-0.05, 0) is 85.4 Å². The summed E-state index contributed by atoms with van der Waals surface area (Å²) >= 11 is 0. The van der Waals surface area contributed by atoms with Crippen LogP contribution in [0.15, 0.2) is 60.0 Å². The van der Waals surface area contributed by atoms with Crippen LogP contribution in [0.4, 0.5) is 0 Å². The molecule has 2 heteroatoms. The van der Waals surface area contributed by atoms with Gasteiger partial charge in [0.1, 0.15) is 16.3 Å². The summed E-state index contributed by atoms with van der Waals surface area (Å²) in [6.45, 7) is 34.8. The molecule has 0 saturated carbocycles. The number of hydrogen-bond acceptors (Lipinski definition) is 1. The Balaban J connectivity index is 2.61. The SMILES string of the molecule is CC(C)c1cc(C(C)C)c(C(O/C([Si])=C(\c2ccccc2)C(C)(C)C)c2c(C(C)C)cc(C(C)C)cc2C(C)C)c(C(C)C)c1. The highest BCUT2D eigenvalue weighted by atomic mass is 28.1. The maximum atomic E-state index is 7.52. The van der Waals surface area contributed by atoms with Gasteiger partial charge in [-0.25, -0.2) is 0 Å². The van der Waals surface area contributed by atoms with Gasteiger partial charge in [0.2, 0.25) is 0 Å². The maximum absolute atomic E-state index is 7.52. The van der Waals surface area contributed by atoms with E-state index >= 15 is 0 Å². The van der Waals surface area contributed by atoms with Gasteiger partial charge in [0, 0.05) is 11.1 Å². The van der Waals surface area contributed by atoms with Crippen molar-refractivity contribution in [2.24, 2.45) is 5.41 Å². The maximum Gasteiger partial charge on any atom is 0.149 e.